The van der Waals surface area contributed by atoms with Crippen LogP contribution in [0.15, 0.2) is 60.7 Å². The largest absolute Gasteiger partial charge is 0.480 e. The number of thioether (sulfide) groups is 1. The van der Waals surface area contributed by atoms with Crippen LogP contribution in [0.25, 0.3) is 0 Å². The van der Waals surface area contributed by atoms with Gasteiger partial charge in [0.2, 0.25) is 53.2 Å². The fourth-order valence-corrected chi connectivity index (χ4v) is 12.6. The molecular formula is C63H98N10O13S. The van der Waals surface area contributed by atoms with Crippen molar-refractivity contribution in [2.24, 2.45) is 29.4 Å². The van der Waals surface area contributed by atoms with Gasteiger partial charge >= 0.3 is 5.97 Å². The monoisotopic (exact) mass is 1230 g/mol. The smallest absolute Gasteiger partial charge is 0.321 e. The summed E-state index contributed by atoms with van der Waals surface area (Å²) in [4.78, 5) is 139. The number of nitrogens with two attached hydrogens (primary N) is 1. The topological polar surface area (TPSA) is 309 Å². The normalized spacial score (nSPS) is 18.3. The molecule has 4 rings (SSSR count). The standard InChI is InChI=1S/C63H98N10O13S/c1-12-41(6)56(48(85-10)35-52(76)72-33-22-28-47(72)57(86-11)42(7)58(78)66-46(34-43-24-16-13-17-25-43)59(79)65-37-44-26-18-14-19-27-44)71(9)62(82)54(39(2)3)67-60(80)55(40(4)5)70(8)31-23-30-51(75)69-68-50(74)29-20-15-21-32-73-53(77)36-49(61(73)81)87-38-45(64)63(83)84/h13-14,16-19,24-27,39-42,45-49,54-57H,12,15,20-23,28-38,64H2,1-11H3,(H,65,79)(H,66,78)(H,67,80)(H,68,74)(H,69,75)(H,83,84)/t41?,42?,45?,46?,47-,48?,49?,54?,55?,56?,57?/m0/s1. The molecule has 0 radical (unpaired) electrons. The summed E-state index contributed by atoms with van der Waals surface area (Å²) in [5, 5.41) is 17.4. The number of nitrogens with zero attached hydrogens (tertiary/aromatic N) is 4. The second-order valence-corrected chi connectivity index (χ2v) is 25.0. The Balaban J connectivity index is 1.30. The first-order valence-corrected chi connectivity index (χ1v) is 31.7. The molecule has 87 heavy (non-hydrogen) atoms. The Morgan fingerprint density at radius 3 is 1.98 bits per heavy atom. The van der Waals surface area contributed by atoms with Crippen LogP contribution < -0.4 is 32.5 Å². The third-order valence-electron chi connectivity index (χ3n) is 16.6. The molecule has 23 nitrogen and oxygen atoms in total. The van der Waals surface area contributed by atoms with Crippen LogP contribution in [0.4, 0.5) is 0 Å². The van der Waals surface area contributed by atoms with E-state index in [2.05, 4.69) is 26.8 Å². The number of carboxylic acids is 1. The van der Waals surface area contributed by atoms with Crippen LogP contribution in [0.3, 0.4) is 0 Å². The number of likely N-dealkylation sites (N-methyl/N-ethyl adjacent to an activating group) is 2. The Morgan fingerprint density at radius 1 is 0.782 bits per heavy atom. The average Bonchev–Trinajstić information content (AvgIpc) is 3.94. The first-order valence-electron chi connectivity index (χ1n) is 30.6. The van der Waals surface area contributed by atoms with Crippen molar-refractivity contribution in [3.63, 3.8) is 0 Å². The van der Waals surface area contributed by atoms with E-state index in [9.17, 15) is 47.9 Å². The van der Waals surface area contributed by atoms with Crippen molar-refractivity contribution in [2.45, 2.75) is 186 Å². The molecule has 2 aliphatic rings. The fourth-order valence-electron chi connectivity index (χ4n) is 11.5. The third kappa shape index (κ3) is 22.3. The molecule has 484 valence electrons. The minimum Gasteiger partial charge on any atom is -0.480 e. The third-order valence-corrected chi connectivity index (χ3v) is 17.9. The van der Waals surface area contributed by atoms with E-state index < -0.39 is 77.4 Å². The number of hydrogen-bond acceptors (Lipinski definition) is 15. The number of aliphatic carboxylic acids is 1. The van der Waals surface area contributed by atoms with Gasteiger partial charge in [0.05, 0.1) is 47.9 Å². The fraction of sp³-hybridized carbons (Fsp3) is 0.651. The Kier molecular flexibility index (Phi) is 30.8. The molecule has 0 spiro atoms. The van der Waals surface area contributed by atoms with Crippen molar-refractivity contribution in [1.29, 1.82) is 0 Å². The molecule has 11 atom stereocenters. The second kappa shape index (κ2) is 36.7. The highest BCUT2D eigenvalue weighted by molar-refractivity contribution is 8.00. The summed E-state index contributed by atoms with van der Waals surface area (Å²) in [5.41, 5.74) is 12.2. The molecule has 2 aromatic carbocycles. The van der Waals surface area contributed by atoms with Gasteiger partial charge in [-0.2, -0.15) is 0 Å². The van der Waals surface area contributed by atoms with Gasteiger partial charge in [-0.15, -0.1) is 11.8 Å². The SMILES string of the molecule is CCC(C)C(C(CC(=O)N1CCC[C@H]1C(OC)C(C)C(=O)NC(Cc1ccccc1)C(=O)NCc1ccccc1)OC)N(C)C(=O)C(NC(=O)C(C(C)C)N(C)CCCC(=O)NNC(=O)CCCCCN1C(=O)CC(SCC(N)C(=O)O)C1=O)C(C)C. The Hall–Kier alpha value is -6.47. The number of unbranched alkanes of at least 4 members (excludes halogenated alkanes) is 2. The minimum absolute atomic E-state index is 0.00833. The van der Waals surface area contributed by atoms with Gasteiger partial charge in [-0.25, -0.2) is 0 Å². The zero-order chi connectivity index (χ0) is 64.5. The second-order valence-electron chi connectivity index (χ2n) is 23.8. The number of methoxy groups -OCH3 is 2. The van der Waals surface area contributed by atoms with Gasteiger partial charge in [-0.1, -0.05) is 122 Å². The lowest BCUT2D eigenvalue weighted by atomic mass is 9.89. The number of hydrogen-bond donors (Lipinski definition) is 7. The number of carboxylic acid groups (broad SMARTS) is 1. The number of carbonyl (C=O) groups is 10. The first kappa shape index (κ1) is 73.0. The zero-order valence-corrected chi connectivity index (χ0v) is 53.7. The van der Waals surface area contributed by atoms with Crippen LogP contribution in [0.2, 0.25) is 0 Å². The van der Waals surface area contributed by atoms with Crippen molar-refractivity contribution < 1.29 is 62.5 Å². The summed E-state index contributed by atoms with van der Waals surface area (Å²) in [6.45, 7) is 14.5. The highest BCUT2D eigenvalue weighted by Crippen LogP contribution is 2.31. The van der Waals surface area contributed by atoms with Crippen LogP contribution in [0.1, 0.15) is 130 Å². The maximum absolute atomic E-state index is 14.8. The van der Waals surface area contributed by atoms with Crippen molar-refractivity contribution in [3.8, 4) is 0 Å². The molecular weight excluding hydrogens is 1140 g/mol. The summed E-state index contributed by atoms with van der Waals surface area (Å²) in [7, 11) is 6.49. The molecule has 24 heteroatoms. The van der Waals surface area contributed by atoms with Gasteiger partial charge in [-0.05, 0) is 74.6 Å². The zero-order valence-electron chi connectivity index (χ0n) is 52.9. The van der Waals surface area contributed by atoms with Crippen LogP contribution in [0, 0.1) is 23.7 Å². The van der Waals surface area contributed by atoms with Gasteiger partial charge in [0, 0.05) is 72.3 Å². The van der Waals surface area contributed by atoms with E-state index in [0.29, 0.717) is 64.6 Å². The van der Waals surface area contributed by atoms with Crippen LogP contribution >= 0.6 is 11.8 Å². The number of rotatable bonds is 37. The van der Waals surface area contributed by atoms with E-state index in [-0.39, 0.29) is 104 Å². The molecule has 2 heterocycles. The van der Waals surface area contributed by atoms with Crippen molar-refractivity contribution in [2.75, 3.05) is 53.7 Å². The number of nitrogens with one attached hydrogen (secondary N) is 5. The van der Waals surface area contributed by atoms with Crippen molar-refractivity contribution in [1.82, 2.24) is 46.4 Å². The van der Waals surface area contributed by atoms with Crippen molar-refractivity contribution in [3.05, 3.63) is 71.8 Å². The lowest BCUT2D eigenvalue weighted by Gasteiger charge is -2.41. The van der Waals surface area contributed by atoms with Crippen LogP contribution in [-0.4, -0.2) is 191 Å². The first-order chi connectivity index (χ1) is 41.3. The number of amides is 9. The summed E-state index contributed by atoms with van der Waals surface area (Å²) >= 11 is 1.05. The molecule has 0 aliphatic carbocycles. The number of ether oxygens (including phenoxy) is 2. The Morgan fingerprint density at radius 2 is 1.40 bits per heavy atom. The van der Waals surface area contributed by atoms with E-state index >= 15 is 0 Å². The average molecular weight is 1240 g/mol. The van der Waals surface area contributed by atoms with Gasteiger partial charge in [0.15, 0.2) is 0 Å². The Bertz CT molecular complexity index is 2580. The number of likely N-dealkylation sites (tertiary alicyclic amines) is 2. The summed E-state index contributed by atoms with van der Waals surface area (Å²) in [6.07, 6.45) is 2.56. The molecule has 2 saturated heterocycles. The van der Waals surface area contributed by atoms with Crippen molar-refractivity contribution >= 4 is 70.9 Å². The molecule has 0 saturated carbocycles. The number of hydrazine groups is 1. The molecule has 9 amide bonds. The van der Waals surface area contributed by atoms with Gasteiger partial charge < -0.3 is 46.1 Å². The van der Waals surface area contributed by atoms with E-state index in [0.717, 1.165) is 27.8 Å². The molecule has 2 aliphatic heterocycles. The van der Waals surface area contributed by atoms with E-state index in [1.54, 1.807) is 30.8 Å². The molecule has 2 aromatic rings. The summed E-state index contributed by atoms with van der Waals surface area (Å²) < 4.78 is 12.2. The van der Waals surface area contributed by atoms with Crippen LogP contribution in [-0.2, 0) is 70.4 Å². The molecule has 8 N–H and O–H groups in total. The molecule has 10 unspecified atom stereocenters. The molecule has 2 fully saturated rings. The minimum atomic E-state index is -1.18. The maximum atomic E-state index is 14.8. The number of imide groups is 1. The highest BCUT2D eigenvalue weighted by Gasteiger charge is 2.44. The van der Waals surface area contributed by atoms with Gasteiger partial charge in [0.25, 0.3) is 0 Å². The highest BCUT2D eigenvalue weighted by atomic mass is 32.2. The number of carbonyl (C=O) groups excluding carboxylic acids is 9. The van der Waals surface area contributed by atoms with Gasteiger partial charge in [0.1, 0.15) is 18.1 Å². The Labute approximate surface area is 518 Å². The van der Waals surface area contributed by atoms with Gasteiger partial charge in [-0.3, -0.25) is 68.6 Å². The van der Waals surface area contributed by atoms with Crippen LogP contribution in [0.5, 0.6) is 0 Å². The van der Waals surface area contributed by atoms with E-state index in [4.69, 9.17) is 20.3 Å². The predicted molar refractivity (Wildman–Crippen MR) is 332 cm³/mol. The molecule has 0 aromatic heterocycles. The quantitative estimate of drug-likeness (QED) is 0.0287. The number of benzene rings is 2. The maximum Gasteiger partial charge on any atom is 0.321 e. The van der Waals surface area contributed by atoms with E-state index in [1.807, 2.05) is 107 Å². The summed E-state index contributed by atoms with van der Waals surface area (Å²) in [5.74, 6) is -5.79. The van der Waals surface area contributed by atoms with E-state index in [1.165, 1.54) is 14.2 Å². The lowest BCUT2D eigenvalue weighted by Crippen LogP contribution is -2.60. The predicted octanol–water partition coefficient (Wildman–Crippen LogP) is 3.81. The lowest BCUT2D eigenvalue weighted by molar-refractivity contribution is -0.148. The summed E-state index contributed by atoms with van der Waals surface area (Å²) in [6, 6.07) is 14.3. The molecule has 0 bridgehead atoms.